The zero-order chi connectivity index (χ0) is 19.7. The zero-order valence-electron chi connectivity index (χ0n) is 16.7. The van der Waals surface area contributed by atoms with E-state index in [4.69, 9.17) is 0 Å². The first-order valence-corrected chi connectivity index (χ1v) is 10.9. The Bertz CT molecular complexity index is 1300. The monoisotopic (exact) mass is 382 g/mol. The molecule has 0 radical (unpaired) electrons. The highest BCUT2D eigenvalue weighted by Crippen LogP contribution is 2.68. The molecule has 0 spiro atoms. The molecule has 4 unspecified atom stereocenters. The largest absolute Gasteiger partial charge is 0.0622 e. The molecule has 4 atom stereocenters. The van der Waals surface area contributed by atoms with Crippen molar-refractivity contribution in [2.24, 2.45) is 5.92 Å². The Labute approximate surface area is 177 Å². The van der Waals surface area contributed by atoms with Crippen molar-refractivity contribution in [3.8, 4) is 0 Å². The molecule has 0 heterocycles. The summed E-state index contributed by atoms with van der Waals surface area (Å²) in [6.07, 6.45) is 4.48. The van der Waals surface area contributed by atoms with Crippen LogP contribution in [-0.2, 0) is 0 Å². The van der Waals surface area contributed by atoms with Gasteiger partial charge in [-0.25, -0.2) is 0 Å². The maximum atomic E-state index is 2.46. The van der Waals surface area contributed by atoms with Gasteiger partial charge in [-0.3, -0.25) is 0 Å². The fraction of sp³-hybridized carbons (Fsp3) is 0.133. The molecular formula is C30H22. The van der Waals surface area contributed by atoms with E-state index in [2.05, 4.69) is 109 Å². The van der Waals surface area contributed by atoms with Gasteiger partial charge in [0.2, 0.25) is 0 Å². The molecule has 7 rings (SSSR count). The van der Waals surface area contributed by atoms with Crippen molar-refractivity contribution >= 4 is 12.2 Å². The van der Waals surface area contributed by atoms with Gasteiger partial charge in [0.15, 0.2) is 0 Å². The maximum Gasteiger partial charge on any atom is 0.0142 e. The fourth-order valence-corrected chi connectivity index (χ4v) is 6.48. The predicted molar refractivity (Wildman–Crippen MR) is 124 cm³/mol. The highest BCUT2D eigenvalue weighted by Gasteiger charge is 2.56. The van der Waals surface area contributed by atoms with E-state index in [0.29, 0.717) is 23.7 Å². The number of hydrogen-bond donors (Lipinski definition) is 0. The van der Waals surface area contributed by atoms with Crippen LogP contribution < -0.4 is 0 Å². The van der Waals surface area contributed by atoms with Crippen molar-refractivity contribution < 1.29 is 0 Å². The summed E-state index contributed by atoms with van der Waals surface area (Å²) in [4.78, 5) is 0. The first-order valence-electron chi connectivity index (χ1n) is 10.9. The Kier molecular flexibility index (Phi) is 3.32. The van der Waals surface area contributed by atoms with Gasteiger partial charge in [-0.15, -0.1) is 0 Å². The van der Waals surface area contributed by atoms with Crippen LogP contribution in [0.25, 0.3) is 12.2 Å². The summed E-state index contributed by atoms with van der Waals surface area (Å²) in [5, 5.41) is 0. The summed E-state index contributed by atoms with van der Waals surface area (Å²) in [6, 6.07) is 36.1. The number of fused-ring (bicyclic) bond motifs is 9. The Hall–Kier alpha value is -3.38. The van der Waals surface area contributed by atoms with Crippen molar-refractivity contribution in [2.45, 2.75) is 17.8 Å². The molecule has 3 aliphatic rings. The first kappa shape index (κ1) is 16.4. The average molecular weight is 383 g/mol. The predicted octanol–water partition coefficient (Wildman–Crippen LogP) is 7.21. The third kappa shape index (κ3) is 2.11. The van der Waals surface area contributed by atoms with E-state index in [0.717, 1.165) is 0 Å². The number of benzene rings is 4. The molecule has 142 valence electrons. The second-order valence-electron chi connectivity index (χ2n) is 8.90. The van der Waals surface area contributed by atoms with Crippen LogP contribution in [0, 0.1) is 5.92 Å². The highest BCUT2D eigenvalue weighted by molar-refractivity contribution is 5.72. The van der Waals surface area contributed by atoms with Gasteiger partial charge in [-0.1, -0.05) is 109 Å². The smallest absolute Gasteiger partial charge is 0.0142 e. The summed E-state index contributed by atoms with van der Waals surface area (Å²) < 4.78 is 0. The number of hydrogen-bond acceptors (Lipinski definition) is 0. The van der Waals surface area contributed by atoms with Crippen LogP contribution in [0.1, 0.15) is 62.3 Å². The second-order valence-corrected chi connectivity index (χ2v) is 8.90. The van der Waals surface area contributed by atoms with E-state index in [9.17, 15) is 0 Å². The second kappa shape index (κ2) is 6.06. The van der Waals surface area contributed by atoms with Gasteiger partial charge < -0.3 is 0 Å². The molecule has 0 saturated heterocycles. The normalized spacial score (nSPS) is 24.5. The van der Waals surface area contributed by atoms with E-state index < -0.39 is 0 Å². The molecule has 0 N–H and O–H groups in total. The lowest BCUT2D eigenvalue weighted by molar-refractivity contribution is 0.486. The van der Waals surface area contributed by atoms with Crippen LogP contribution in [0.4, 0.5) is 0 Å². The third-order valence-corrected chi connectivity index (χ3v) is 7.54. The molecule has 0 saturated carbocycles. The molecule has 4 aromatic carbocycles. The summed E-state index contributed by atoms with van der Waals surface area (Å²) >= 11 is 0. The summed E-state index contributed by atoms with van der Waals surface area (Å²) in [5.41, 5.74) is 11.9. The van der Waals surface area contributed by atoms with Crippen LogP contribution in [0.5, 0.6) is 0 Å². The van der Waals surface area contributed by atoms with Gasteiger partial charge in [-0.2, -0.15) is 0 Å². The van der Waals surface area contributed by atoms with Crippen LogP contribution in [0.2, 0.25) is 0 Å². The summed E-state index contributed by atoms with van der Waals surface area (Å²) in [7, 11) is 0. The lowest BCUT2D eigenvalue weighted by Crippen LogP contribution is -2.07. The molecule has 0 aliphatic heterocycles. The molecule has 30 heavy (non-hydrogen) atoms. The fourth-order valence-electron chi connectivity index (χ4n) is 6.48. The van der Waals surface area contributed by atoms with Crippen LogP contribution in [0.15, 0.2) is 97.1 Å². The minimum atomic E-state index is 0.517. The molecule has 0 amide bonds. The Morgan fingerprint density at radius 3 is 1.47 bits per heavy atom. The van der Waals surface area contributed by atoms with Crippen molar-refractivity contribution in [2.75, 3.05) is 0 Å². The van der Waals surface area contributed by atoms with Crippen molar-refractivity contribution in [1.29, 1.82) is 0 Å². The van der Waals surface area contributed by atoms with Crippen molar-refractivity contribution in [1.82, 2.24) is 0 Å². The van der Waals surface area contributed by atoms with Gasteiger partial charge in [0.05, 0.1) is 0 Å². The third-order valence-electron chi connectivity index (χ3n) is 7.54. The Balaban J connectivity index is 1.40. The molecule has 0 heteroatoms. The molecule has 0 fully saturated rings. The molecule has 0 aromatic heterocycles. The van der Waals surface area contributed by atoms with Crippen molar-refractivity contribution in [3.63, 3.8) is 0 Å². The van der Waals surface area contributed by atoms with E-state index in [-0.39, 0.29) is 0 Å². The molecule has 4 aromatic rings. The Morgan fingerprint density at radius 2 is 0.867 bits per heavy atom. The Morgan fingerprint density at radius 1 is 0.400 bits per heavy atom. The highest BCUT2D eigenvalue weighted by atomic mass is 14.6. The van der Waals surface area contributed by atoms with E-state index >= 15 is 0 Å². The van der Waals surface area contributed by atoms with Gasteiger partial charge in [-0.05, 0) is 50.4 Å². The zero-order valence-corrected chi connectivity index (χ0v) is 16.7. The van der Waals surface area contributed by atoms with Crippen molar-refractivity contribution in [3.05, 3.63) is 142 Å². The van der Waals surface area contributed by atoms with Crippen LogP contribution in [0.3, 0.4) is 0 Å². The molecular weight excluding hydrogens is 360 g/mol. The number of rotatable bonds is 2. The van der Waals surface area contributed by atoms with Crippen LogP contribution in [-0.4, -0.2) is 0 Å². The topological polar surface area (TPSA) is 0 Å². The van der Waals surface area contributed by atoms with Gasteiger partial charge in [0, 0.05) is 17.8 Å². The lowest BCUT2D eigenvalue weighted by atomic mass is 9.86. The molecule has 0 nitrogen and oxygen atoms in total. The van der Waals surface area contributed by atoms with Gasteiger partial charge in [0.1, 0.15) is 0 Å². The van der Waals surface area contributed by atoms with E-state index in [1.165, 1.54) is 11.1 Å². The minimum absolute atomic E-state index is 0.517. The van der Waals surface area contributed by atoms with Crippen LogP contribution >= 0.6 is 0 Å². The molecule has 0 bridgehead atoms. The SMILES string of the molecule is C(=C\c1ccc2c(c1)C1c3ccccc3C3c4ccccc4C2C31)/c1ccccc1. The average Bonchev–Trinajstić information content (AvgIpc) is 3.42. The minimum Gasteiger partial charge on any atom is -0.0622 e. The van der Waals surface area contributed by atoms with E-state index in [1.807, 2.05) is 0 Å². The summed E-state index contributed by atoms with van der Waals surface area (Å²) in [5.74, 6) is 2.24. The molecule has 3 aliphatic carbocycles. The lowest BCUT2D eigenvalue weighted by Gasteiger charge is -2.16. The first-order chi connectivity index (χ1) is 14.9. The summed E-state index contributed by atoms with van der Waals surface area (Å²) in [6.45, 7) is 0. The van der Waals surface area contributed by atoms with Gasteiger partial charge in [0.25, 0.3) is 0 Å². The van der Waals surface area contributed by atoms with Gasteiger partial charge >= 0.3 is 0 Å². The maximum absolute atomic E-state index is 2.46. The van der Waals surface area contributed by atoms with E-state index in [1.54, 1.807) is 33.4 Å². The quantitative estimate of drug-likeness (QED) is 0.321. The standard InChI is InChI=1S/C30H22/c1-2-8-19(9-3-1)14-15-20-16-17-25-26(18-20)29-24-13-7-6-12-23(24)27-21-10-4-5-11-22(21)28(25)30(27)29/h1-18,27-30H/b15-14+.